The molecule has 1 aliphatic heterocycles. The number of likely N-dealkylation sites (N-methyl/N-ethyl adjacent to an activating group) is 1. The Hall–Kier alpha value is -1.75. The second-order valence-corrected chi connectivity index (χ2v) is 4.88. The van der Waals surface area contributed by atoms with E-state index in [1.807, 2.05) is 25.9 Å². The highest BCUT2D eigenvalue weighted by Gasteiger charge is 2.36. The Bertz CT molecular complexity index is 511. The molecule has 1 unspecified atom stereocenters. The van der Waals surface area contributed by atoms with Crippen LogP contribution >= 0.6 is 0 Å². The van der Waals surface area contributed by atoms with E-state index >= 15 is 0 Å². The van der Waals surface area contributed by atoms with Gasteiger partial charge in [-0.2, -0.15) is 0 Å². The molecule has 0 bridgehead atoms. The van der Waals surface area contributed by atoms with Crippen molar-refractivity contribution in [3.8, 4) is 11.5 Å². The third kappa shape index (κ3) is 2.26. The van der Waals surface area contributed by atoms with Crippen LogP contribution in [0.1, 0.15) is 34.5 Å². The largest absolute Gasteiger partial charge is 0.507 e. The third-order valence-corrected chi connectivity index (χ3v) is 3.30. The van der Waals surface area contributed by atoms with Gasteiger partial charge in [0.05, 0.1) is 7.11 Å². The lowest BCUT2D eigenvalue weighted by atomic mass is 9.98. The van der Waals surface area contributed by atoms with Crippen LogP contribution in [0.2, 0.25) is 0 Å². The first-order valence-corrected chi connectivity index (χ1v) is 6.28. The van der Waals surface area contributed by atoms with E-state index in [1.54, 1.807) is 13.2 Å². The van der Waals surface area contributed by atoms with Gasteiger partial charge in [-0.05, 0) is 26.6 Å². The summed E-state index contributed by atoms with van der Waals surface area (Å²) in [7, 11) is 5.37. The van der Waals surface area contributed by atoms with Gasteiger partial charge in [-0.3, -0.25) is 0 Å². The SMILES string of the molecule is CCc1c(OC)cc2c(c1O)C(=O)OC2CN(C)C. The Labute approximate surface area is 112 Å². The molecule has 0 fully saturated rings. The number of hydrogen-bond donors (Lipinski definition) is 1. The van der Waals surface area contributed by atoms with Gasteiger partial charge in [0.2, 0.25) is 0 Å². The molecule has 0 saturated carbocycles. The number of hydrogen-bond acceptors (Lipinski definition) is 5. The van der Waals surface area contributed by atoms with E-state index in [-0.39, 0.29) is 17.4 Å². The zero-order valence-corrected chi connectivity index (χ0v) is 11.7. The second-order valence-electron chi connectivity index (χ2n) is 4.88. The van der Waals surface area contributed by atoms with Crippen LogP contribution in [-0.4, -0.2) is 43.7 Å². The number of benzene rings is 1. The normalized spacial score (nSPS) is 17.5. The molecule has 1 aliphatic rings. The number of methoxy groups -OCH3 is 1. The highest BCUT2D eigenvalue weighted by atomic mass is 16.6. The van der Waals surface area contributed by atoms with Crippen molar-refractivity contribution >= 4 is 5.97 Å². The van der Waals surface area contributed by atoms with E-state index in [1.165, 1.54) is 0 Å². The number of fused-ring (bicyclic) bond motifs is 1. The van der Waals surface area contributed by atoms with Gasteiger partial charge in [0.25, 0.3) is 0 Å². The molecule has 0 saturated heterocycles. The van der Waals surface area contributed by atoms with Crippen LogP contribution in [0.25, 0.3) is 0 Å². The van der Waals surface area contributed by atoms with Gasteiger partial charge in [-0.15, -0.1) is 0 Å². The third-order valence-electron chi connectivity index (χ3n) is 3.30. The molecule has 0 radical (unpaired) electrons. The van der Waals surface area contributed by atoms with Gasteiger partial charge >= 0.3 is 5.97 Å². The number of esters is 1. The molecule has 1 N–H and O–H groups in total. The van der Waals surface area contributed by atoms with Crippen LogP contribution in [0.3, 0.4) is 0 Å². The minimum absolute atomic E-state index is 0.0110. The van der Waals surface area contributed by atoms with Gasteiger partial charge in [-0.1, -0.05) is 6.92 Å². The summed E-state index contributed by atoms with van der Waals surface area (Å²) in [6, 6.07) is 1.80. The maximum absolute atomic E-state index is 11.9. The van der Waals surface area contributed by atoms with E-state index in [0.29, 0.717) is 29.8 Å². The Morgan fingerprint density at radius 1 is 1.47 bits per heavy atom. The smallest absolute Gasteiger partial charge is 0.343 e. The second kappa shape index (κ2) is 5.09. The Kier molecular flexibility index (Phi) is 3.66. The summed E-state index contributed by atoms with van der Waals surface area (Å²) < 4.78 is 10.6. The van der Waals surface area contributed by atoms with E-state index < -0.39 is 5.97 Å². The van der Waals surface area contributed by atoms with E-state index in [2.05, 4.69) is 0 Å². The molecule has 2 rings (SSSR count). The summed E-state index contributed by atoms with van der Waals surface area (Å²) in [5.74, 6) is 0.126. The van der Waals surface area contributed by atoms with Crippen LogP contribution in [0.4, 0.5) is 0 Å². The highest BCUT2D eigenvalue weighted by Crippen LogP contribution is 2.42. The van der Waals surface area contributed by atoms with Crippen molar-refractivity contribution in [3.63, 3.8) is 0 Å². The highest BCUT2D eigenvalue weighted by molar-refractivity contribution is 5.98. The number of carbonyl (C=O) groups is 1. The van der Waals surface area contributed by atoms with Gasteiger partial charge < -0.3 is 19.5 Å². The first-order valence-electron chi connectivity index (χ1n) is 6.28. The molecule has 1 aromatic rings. The standard InChI is InChI=1S/C14H19NO4/c1-5-8-10(18-4)6-9-11(7-15(2)3)19-14(17)12(9)13(8)16/h6,11,16H,5,7H2,1-4H3. The summed E-state index contributed by atoms with van der Waals surface area (Å²) in [6.45, 7) is 2.48. The number of nitrogens with zero attached hydrogens (tertiary/aromatic N) is 1. The van der Waals surface area contributed by atoms with E-state index in [9.17, 15) is 9.90 Å². The fourth-order valence-corrected chi connectivity index (χ4v) is 2.42. The van der Waals surface area contributed by atoms with E-state index in [4.69, 9.17) is 9.47 Å². The minimum atomic E-state index is -0.461. The summed E-state index contributed by atoms with van der Waals surface area (Å²) in [4.78, 5) is 13.8. The van der Waals surface area contributed by atoms with Crippen LogP contribution in [0, 0.1) is 0 Å². The minimum Gasteiger partial charge on any atom is -0.507 e. The molecule has 0 spiro atoms. The molecule has 1 heterocycles. The zero-order chi connectivity index (χ0) is 14.2. The Morgan fingerprint density at radius 2 is 2.16 bits per heavy atom. The number of aromatic hydroxyl groups is 1. The Balaban J connectivity index is 2.55. The van der Waals surface area contributed by atoms with Gasteiger partial charge in [-0.25, -0.2) is 4.79 Å². The molecule has 5 nitrogen and oxygen atoms in total. The summed E-state index contributed by atoms with van der Waals surface area (Å²) >= 11 is 0. The molecular formula is C14H19NO4. The quantitative estimate of drug-likeness (QED) is 0.840. The fourth-order valence-electron chi connectivity index (χ4n) is 2.42. The first-order chi connectivity index (χ1) is 8.99. The molecule has 1 aromatic carbocycles. The molecule has 0 aromatic heterocycles. The van der Waals surface area contributed by atoms with Crippen LogP contribution in [-0.2, 0) is 11.2 Å². The number of carbonyl (C=O) groups excluding carboxylic acids is 1. The molecule has 5 heteroatoms. The molecular weight excluding hydrogens is 246 g/mol. The van der Waals surface area contributed by atoms with Crippen LogP contribution in [0.15, 0.2) is 6.07 Å². The number of phenolic OH excluding ortho intramolecular Hbond substituents is 1. The summed E-state index contributed by atoms with van der Waals surface area (Å²) in [5.41, 5.74) is 1.62. The predicted molar refractivity (Wildman–Crippen MR) is 70.7 cm³/mol. The maximum Gasteiger partial charge on any atom is 0.343 e. The van der Waals surface area contributed by atoms with Crippen LogP contribution in [0.5, 0.6) is 11.5 Å². The fraction of sp³-hybridized carbons (Fsp3) is 0.500. The van der Waals surface area contributed by atoms with Crippen LogP contribution < -0.4 is 4.74 Å². The predicted octanol–water partition coefficient (Wildman–Crippen LogP) is 1.74. The monoisotopic (exact) mass is 265 g/mol. The van der Waals surface area contributed by atoms with Crippen molar-refractivity contribution in [1.82, 2.24) is 4.90 Å². The molecule has 0 aliphatic carbocycles. The lowest BCUT2D eigenvalue weighted by Gasteiger charge is -2.17. The maximum atomic E-state index is 11.9. The van der Waals surface area contributed by atoms with Crippen molar-refractivity contribution in [2.45, 2.75) is 19.4 Å². The average Bonchev–Trinajstić information content (AvgIpc) is 2.65. The summed E-state index contributed by atoms with van der Waals surface area (Å²) in [6.07, 6.45) is 0.233. The van der Waals surface area contributed by atoms with Gasteiger partial charge in [0.1, 0.15) is 23.2 Å². The lowest BCUT2D eigenvalue weighted by Crippen LogP contribution is -2.20. The van der Waals surface area contributed by atoms with Crippen molar-refractivity contribution in [3.05, 3.63) is 22.8 Å². The molecule has 104 valence electrons. The molecule has 0 amide bonds. The topological polar surface area (TPSA) is 59.0 Å². The Morgan fingerprint density at radius 3 is 2.68 bits per heavy atom. The van der Waals surface area contributed by atoms with Crippen molar-refractivity contribution < 1.29 is 19.4 Å². The first kappa shape index (κ1) is 13.7. The molecule has 1 atom stereocenters. The number of phenols is 1. The van der Waals surface area contributed by atoms with Gasteiger partial charge in [0, 0.05) is 17.7 Å². The molecule has 19 heavy (non-hydrogen) atoms. The van der Waals surface area contributed by atoms with Gasteiger partial charge in [0.15, 0.2) is 0 Å². The van der Waals surface area contributed by atoms with E-state index in [0.717, 1.165) is 0 Å². The average molecular weight is 265 g/mol. The lowest BCUT2D eigenvalue weighted by molar-refractivity contribution is 0.0330. The van der Waals surface area contributed by atoms with Crippen molar-refractivity contribution in [2.24, 2.45) is 0 Å². The number of cyclic esters (lactones) is 1. The van der Waals surface area contributed by atoms with Crippen molar-refractivity contribution in [1.29, 1.82) is 0 Å². The number of rotatable bonds is 4. The summed E-state index contributed by atoms with van der Waals surface area (Å²) in [5, 5.41) is 10.2. The van der Waals surface area contributed by atoms with Crippen molar-refractivity contribution in [2.75, 3.05) is 27.7 Å². The number of ether oxygens (including phenoxy) is 2. The zero-order valence-electron chi connectivity index (χ0n) is 11.7.